The molecular weight excluding hydrogens is 475 g/mol. The Hall–Kier alpha value is -1.72. The Kier molecular flexibility index (Phi) is 9.65. The number of hydroxylamine groups is 1. The highest BCUT2D eigenvalue weighted by Crippen LogP contribution is 2.17. The molecule has 154 valence electrons. The van der Waals surface area contributed by atoms with Gasteiger partial charge in [0.2, 0.25) is 5.91 Å². The first-order valence-corrected chi connectivity index (χ1v) is 10.5. The van der Waals surface area contributed by atoms with Gasteiger partial charge in [-0.1, -0.05) is 13.8 Å². The Balaban J connectivity index is 1.75. The molecule has 1 fully saturated rings. The van der Waals surface area contributed by atoms with Gasteiger partial charge < -0.3 is 15.4 Å². The quantitative estimate of drug-likeness (QED) is 0.208. The van der Waals surface area contributed by atoms with Gasteiger partial charge in [0.05, 0.1) is 3.57 Å². The summed E-state index contributed by atoms with van der Waals surface area (Å²) in [7, 11) is 0. The molecule has 1 atom stereocenters. The molecule has 2 rings (SSSR count). The lowest BCUT2D eigenvalue weighted by Gasteiger charge is -2.21. The number of carbonyl (C=O) groups excluding carboxylic acids is 2. The first-order valence-electron chi connectivity index (χ1n) is 9.38. The van der Waals surface area contributed by atoms with E-state index in [-0.39, 0.29) is 24.0 Å². The molecule has 0 spiro atoms. The Morgan fingerprint density at radius 1 is 1.39 bits per heavy atom. The van der Waals surface area contributed by atoms with Crippen LogP contribution in [0.2, 0.25) is 0 Å². The molecule has 9 heteroatoms. The van der Waals surface area contributed by atoms with Crippen LogP contribution < -0.4 is 16.1 Å². The van der Waals surface area contributed by atoms with Crippen molar-refractivity contribution in [2.45, 2.75) is 39.4 Å². The van der Waals surface area contributed by atoms with Crippen LogP contribution in [0.25, 0.3) is 6.08 Å². The van der Waals surface area contributed by atoms with Crippen molar-refractivity contribution in [2.75, 3.05) is 25.0 Å². The van der Waals surface area contributed by atoms with Gasteiger partial charge in [-0.25, -0.2) is 15.3 Å². The number of hydrogen-bond acceptors (Lipinski definition) is 6. The lowest BCUT2D eigenvalue weighted by Crippen LogP contribution is -2.32. The first kappa shape index (κ1) is 22.6. The number of nitrogens with zero attached hydrogens (tertiary/aromatic N) is 1. The van der Waals surface area contributed by atoms with Gasteiger partial charge in [-0.15, -0.1) is 0 Å². The number of anilines is 1. The second-order valence-corrected chi connectivity index (χ2v) is 7.85. The average Bonchev–Trinajstić information content (AvgIpc) is 2.69. The van der Waals surface area contributed by atoms with E-state index < -0.39 is 0 Å². The second-order valence-electron chi connectivity index (χ2n) is 6.69. The highest BCUT2D eigenvalue weighted by Gasteiger charge is 2.15. The molecule has 2 amide bonds. The fourth-order valence-corrected chi connectivity index (χ4v) is 3.07. The maximum atomic E-state index is 11.8. The third-order valence-electron chi connectivity index (χ3n) is 3.96. The summed E-state index contributed by atoms with van der Waals surface area (Å²) in [4.78, 5) is 33.0. The summed E-state index contributed by atoms with van der Waals surface area (Å²) in [6, 6.07) is 1.91. The van der Waals surface area contributed by atoms with Crippen molar-refractivity contribution < 1.29 is 19.2 Å². The Morgan fingerprint density at radius 3 is 2.89 bits per heavy atom. The van der Waals surface area contributed by atoms with Gasteiger partial charge >= 0.3 is 0 Å². The SMILES string of the molecule is CC(C)C(=O)NCCNc1ncc(/C=C/C(=O)NOC2CCCCO2)cc1I. The minimum atomic E-state index is -0.371. The van der Waals surface area contributed by atoms with Crippen molar-refractivity contribution in [2.24, 2.45) is 5.92 Å². The summed E-state index contributed by atoms with van der Waals surface area (Å²) >= 11 is 2.18. The van der Waals surface area contributed by atoms with E-state index in [1.165, 1.54) is 6.08 Å². The molecule has 0 saturated carbocycles. The molecule has 0 bridgehead atoms. The minimum Gasteiger partial charge on any atom is -0.367 e. The molecule has 28 heavy (non-hydrogen) atoms. The third kappa shape index (κ3) is 8.11. The molecule has 3 N–H and O–H groups in total. The van der Waals surface area contributed by atoms with Crippen LogP contribution in [0, 0.1) is 9.49 Å². The number of hydrogen-bond donors (Lipinski definition) is 3. The molecule has 8 nitrogen and oxygen atoms in total. The summed E-state index contributed by atoms with van der Waals surface area (Å²) in [5.41, 5.74) is 3.18. The van der Waals surface area contributed by atoms with Gasteiger partial charge in [0.15, 0.2) is 6.29 Å². The fraction of sp³-hybridized carbons (Fsp3) is 0.526. The smallest absolute Gasteiger partial charge is 0.267 e. The summed E-state index contributed by atoms with van der Waals surface area (Å²) in [5, 5.41) is 6.03. The molecule has 0 radical (unpaired) electrons. The minimum absolute atomic E-state index is 0.0258. The Labute approximate surface area is 178 Å². The maximum Gasteiger partial charge on any atom is 0.267 e. The van der Waals surface area contributed by atoms with E-state index in [9.17, 15) is 9.59 Å². The van der Waals surface area contributed by atoms with Crippen LogP contribution in [0.4, 0.5) is 5.82 Å². The van der Waals surface area contributed by atoms with Crippen molar-refractivity contribution >= 4 is 46.3 Å². The monoisotopic (exact) mass is 502 g/mol. The molecule has 1 aliphatic rings. The molecule has 1 saturated heterocycles. The molecule has 1 aromatic heterocycles. The number of halogens is 1. The van der Waals surface area contributed by atoms with E-state index in [1.807, 2.05) is 19.9 Å². The summed E-state index contributed by atoms with van der Waals surface area (Å²) in [6.45, 7) is 5.48. The van der Waals surface area contributed by atoms with Gasteiger partial charge in [-0.2, -0.15) is 0 Å². The average molecular weight is 502 g/mol. The van der Waals surface area contributed by atoms with Crippen molar-refractivity contribution in [3.63, 3.8) is 0 Å². The van der Waals surface area contributed by atoms with E-state index in [2.05, 4.69) is 43.7 Å². The Morgan fingerprint density at radius 2 is 2.21 bits per heavy atom. The number of aromatic nitrogens is 1. The van der Waals surface area contributed by atoms with Crippen molar-refractivity contribution in [1.82, 2.24) is 15.8 Å². The molecule has 0 aliphatic carbocycles. The summed E-state index contributed by atoms with van der Waals surface area (Å²) < 4.78 is 6.30. The number of pyridine rings is 1. The van der Waals surface area contributed by atoms with Crippen LogP contribution in [0.15, 0.2) is 18.3 Å². The number of rotatable bonds is 9. The van der Waals surface area contributed by atoms with Gasteiger partial charge in [0, 0.05) is 44.3 Å². The van der Waals surface area contributed by atoms with Gasteiger partial charge in [0.1, 0.15) is 5.82 Å². The van der Waals surface area contributed by atoms with E-state index in [1.54, 1.807) is 12.3 Å². The zero-order valence-electron chi connectivity index (χ0n) is 16.2. The topological polar surface area (TPSA) is 102 Å². The number of carbonyl (C=O) groups is 2. The van der Waals surface area contributed by atoms with Crippen LogP contribution in [-0.4, -0.2) is 42.8 Å². The fourth-order valence-electron chi connectivity index (χ4n) is 2.38. The van der Waals surface area contributed by atoms with E-state index in [0.717, 1.165) is 34.2 Å². The zero-order valence-corrected chi connectivity index (χ0v) is 18.3. The Bertz CT molecular complexity index is 691. The predicted molar refractivity (Wildman–Crippen MR) is 115 cm³/mol. The molecule has 1 aliphatic heterocycles. The van der Waals surface area contributed by atoms with Gasteiger partial charge in [0.25, 0.3) is 5.91 Å². The van der Waals surface area contributed by atoms with Crippen LogP contribution >= 0.6 is 22.6 Å². The normalized spacial score (nSPS) is 16.9. The van der Waals surface area contributed by atoms with Crippen molar-refractivity contribution in [1.29, 1.82) is 0 Å². The standard InChI is InChI=1S/C19H27IN4O4/c1-13(2)19(26)22-9-8-21-18-15(20)11-14(12-23-18)6-7-16(25)24-28-17-5-3-4-10-27-17/h6-7,11-13,17H,3-5,8-10H2,1-2H3,(H,21,23)(H,22,26)(H,24,25)/b7-6+. The van der Waals surface area contributed by atoms with Crippen LogP contribution in [0.1, 0.15) is 38.7 Å². The van der Waals surface area contributed by atoms with E-state index >= 15 is 0 Å². The molecule has 0 aromatic carbocycles. The lowest BCUT2D eigenvalue weighted by atomic mass is 10.2. The van der Waals surface area contributed by atoms with Crippen molar-refractivity contribution in [3.05, 3.63) is 27.5 Å². The van der Waals surface area contributed by atoms with E-state index in [4.69, 9.17) is 9.57 Å². The third-order valence-corrected chi connectivity index (χ3v) is 4.78. The first-order chi connectivity index (χ1) is 13.5. The van der Waals surface area contributed by atoms with Crippen LogP contribution in [0.5, 0.6) is 0 Å². The maximum absolute atomic E-state index is 11.8. The van der Waals surface area contributed by atoms with E-state index in [0.29, 0.717) is 19.7 Å². The number of nitrogens with one attached hydrogen (secondary N) is 3. The van der Waals surface area contributed by atoms with Crippen LogP contribution in [-0.2, 0) is 19.2 Å². The molecular formula is C19H27IN4O4. The summed E-state index contributed by atoms with van der Waals surface area (Å²) in [5.74, 6) is 0.385. The van der Waals surface area contributed by atoms with Gasteiger partial charge in [-0.3, -0.25) is 9.59 Å². The van der Waals surface area contributed by atoms with Crippen LogP contribution in [0.3, 0.4) is 0 Å². The zero-order chi connectivity index (χ0) is 20.4. The van der Waals surface area contributed by atoms with Gasteiger partial charge in [-0.05, 0) is 53.1 Å². The van der Waals surface area contributed by atoms with Crippen molar-refractivity contribution in [3.8, 4) is 0 Å². The summed E-state index contributed by atoms with van der Waals surface area (Å²) in [6.07, 6.45) is 7.20. The number of amides is 2. The largest absolute Gasteiger partial charge is 0.367 e. The molecule has 1 unspecified atom stereocenters. The number of ether oxygens (including phenoxy) is 1. The lowest BCUT2D eigenvalue weighted by molar-refractivity contribution is -0.198. The molecule has 1 aromatic rings. The molecule has 2 heterocycles. The highest BCUT2D eigenvalue weighted by molar-refractivity contribution is 14.1. The predicted octanol–water partition coefficient (Wildman–Crippen LogP) is 2.46. The highest BCUT2D eigenvalue weighted by atomic mass is 127. The second kappa shape index (κ2) is 12.0.